The highest BCUT2D eigenvalue weighted by molar-refractivity contribution is 7.17. The summed E-state index contributed by atoms with van der Waals surface area (Å²) in [4.78, 5) is 0. The van der Waals surface area contributed by atoms with E-state index in [0.29, 0.717) is 5.56 Å². The lowest BCUT2D eigenvalue weighted by molar-refractivity contribution is 1.16. The van der Waals surface area contributed by atoms with Crippen LogP contribution in [0.4, 0.5) is 5.69 Å². The Morgan fingerprint density at radius 1 is 1.20 bits per heavy atom. The standard InChI is InChI=1S/C17H14N2S/c1-12-6-7-13(9-18)8-16(12)19-10-14-11-20-17-5-3-2-4-15(14)17/h2-8,11,19H,10H2,1H3. The van der Waals surface area contributed by atoms with Crippen LogP contribution in [0.25, 0.3) is 10.1 Å². The average molecular weight is 278 g/mol. The van der Waals surface area contributed by atoms with Crippen molar-refractivity contribution in [3.05, 3.63) is 64.5 Å². The highest BCUT2D eigenvalue weighted by atomic mass is 32.1. The summed E-state index contributed by atoms with van der Waals surface area (Å²) in [5, 5.41) is 15.9. The van der Waals surface area contributed by atoms with Gasteiger partial charge in [0.1, 0.15) is 0 Å². The second-order valence-electron chi connectivity index (χ2n) is 4.75. The number of nitrogens with zero attached hydrogens (tertiary/aromatic N) is 1. The zero-order chi connectivity index (χ0) is 13.9. The van der Waals surface area contributed by atoms with E-state index in [1.807, 2.05) is 18.2 Å². The van der Waals surface area contributed by atoms with Gasteiger partial charge in [0.15, 0.2) is 0 Å². The Bertz CT molecular complexity index is 796. The van der Waals surface area contributed by atoms with Crippen LogP contribution in [0.1, 0.15) is 16.7 Å². The summed E-state index contributed by atoms with van der Waals surface area (Å²) in [6, 6.07) is 16.3. The van der Waals surface area contributed by atoms with Gasteiger partial charge in [-0.3, -0.25) is 0 Å². The molecule has 0 aliphatic heterocycles. The smallest absolute Gasteiger partial charge is 0.0992 e. The SMILES string of the molecule is Cc1ccc(C#N)cc1NCc1csc2ccccc12. The summed E-state index contributed by atoms with van der Waals surface area (Å²) in [6.45, 7) is 2.83. The zero-order valence-corrected chi connectivity index (χ0v) is 12.0. The predicted molar refractivity (Wildman–Crippen MR) is 85.0 cm³/mol. The van der Waals surface area contributed by atoms with Crippen LogP contribution in [0.5, 0.6) is 0 Å². The summed E-state index contributed by atoms with van der Waals surface area (Å²) in [7, 11) is 0. The molecule has 1 heterocycles. The topological polar surface area (TPSA) is 35.8 Å². The van der Waals surface area contributed by atoms with Crippen molar-refractivity contribution in [1.82, 2.24) is 0 Å². The quantitative estimate of drug-likeness (QED) is 0.754. The Morgan fingerprint density at radius 3 is 2.90 bits per heavy atom. The van der Waals surface area contributed by atoms with Gasteiger partial charge in [-0.05, 0) is 47.0 Å². The minimum Gasteiger partial charge on any atom is -0.381 e. The van der Waals surface area contributed by atoms with Gasteiger partial charge in [0.2, 0.25) is 0 Å². The van der Waals surface area contributed by atoms with Crippen molar-refractivity contribution in [2.24, 2.45) is 0 Å². The third-order valence-corrected chi connectivity index (χ3v) is 4.41. The lowest BCUT2D eigenvalue weighted by Gasteiger charge is -2.09. The van der Waals surface area contributed by atoms with E-state index in [9.17, 15) is 0 Å². The fourth-order valence-electron chi connectivity index (χ4n) is 2.24. The number of anilines is 1. The number of thiophene rings is 1. The Labute approximate surface area is 122 Å². The van der Waals surface area contributed by atoms with E-state index >= 15 is 0 Å². The summed E-state index contributed by atoms with van der Waals surface area (Å²) >= 11 is 1.77. The van der Waals surface area contributed by atoms with E-state index in [2.05, 4.69) is 48.0 Å². The highest BCUT2D eigenvalue weighted by Gasteiger charge is 2.04. The molecule has 0 aliphatic carbocycles. The van der Waals surface area contributed by atoms with Gasteiger partial charge in [-0.15, -0.1) is 11.3 Å². The maximum Gasteiger partial charge on any atom is 0.0992 e. The molecule has 2 nitrogen and oxygen atoms in total. The van der Waals surface area contributed by atoms with Gasteiger partial charge in [0, 0.05) is 16.9 Å². The number of aryl methyl sites for hydroxylation is 1. The molecule has 0 amide bonds. The Morgan fingerprint density at radius 2 is 2.05 bits per heavy atom. The maximum absolute atomic E-state index is 8.97. The molecule has 20 heavy (non-hydrogen) atoms. The lowest BCUT2D eigenvalue weighted by atomic mass is 10.1. The lowest BCUT2D eigenvalue weighted by Crippen LogP contribution is -2.00. The fraction of sp³-hybridized carbons (Fsp3) is 0.118. The maximum atomic E-state index is 8.97. The summed E-state index contributed by atoms with van der Waals surface area (Å²) in [5.41, 5.74) is 4.17. The summed E-state index contributed by atoms with van der Waals surface area (Å²) < 4.78 is 1.31. The molecule has 3 heteroatoms. The molecule has 3 aromatic rings. The van der Waals surface area contributed by atoms with Crippen LogP contribution in [0, 0.1) is 18.3 Å². The Hall–Kier alpha value is -2.31. The monoisotopic (exact) mass is 278 g/mol. The third kappa shape index (κ3) is 2.38. The van der Waals surface area contributed by atoms with Crippen LogP contribution >= 0.6 is 11.3 Å². The first kappa shape index (κ1) is 12.7. The van der Waals surface area contributed by atoms with Crippen molar-refractivity contribution < 1.29 is 0 Å². The molecular formula is C17H14N2S. The number of fused-ring (bicyclic) bond motifs is 1. The molecule has 0 saturated heterocycles. The molecule has 98 valence electrons. The Kier molecular flexibility index (Phi) is 3.41. The van der Waals surface area contributed by atoms with Crippen LogP contribution < -0.4 is 5.32 Å². The number of benzene rings is 2. The van der Waals surface area contributed by atoms with E-state index in [-0.39, 0.29) is 0 Å². The molecule has 0 fully saturated rings. The normalized spacial score (nSPS) is 10.4. The van der Waals surface area contributed by atoms with Crippen LogP contribution in [-0.4, -0.2) is 0 Å². The van der Waals surface area contributed by atoms with E-state index in [1.165, 1.54) is 15.6 Å². The van der Waals surface area contributed by atoms with Crippen molar-refractivity contribution >= 4 is 27.1 Å². The average Bonchev–Trinajstić information content (AvgIpc) is 2.90. The van der Waals surface area contributed by atoms with E-state index in [0.717, 1.165) is 17.8 Å². The predicted octanol–water partition coefficient (Wildman–Crippen LogP) is 4.69. The molecule has 0 atom stereocenters. The van der Waals surface area contributed by atoms with Crippen molar-refractivity contribution in [3.8, 4) is 6.07 Å². The molecule has 0 spiro atoms. The number of rotatable bonds is 3. The van der Waals surface area contributed by atoms with Crippen LogP contribution in [0.15, 0.2) is 47.8 Å². The van der Waals surface area contributed by atoms with Gasteiger partial charge < -0.3 is 5.32 Å². The minimum atomic E-state index is 0.688. The molecule has 1 N–H and O–H groups in total. The van der Waals surface area contributed by atoms with E-state index in [4.69, 9.17) is 5.26 Å². The van der Waals surface area contributed by atoms with Gasteiger partial charge in [-0.2, -0.15) is 5.26 Å². The second-order valence-corrected chi connectivity index (χ2v) is 5.66. The fourth-order valence-corrected chi connectivity index (χ4v) is 3.20. The second kappa shape index (κ2) is 5.36. The van der Waals surface area contributed by atoms with Gasteiger partial charge in [0.05, 0.1) is 11.6 Å². The van der Waals surface area contributed by atoms with Crippen molar-refractivity contribution in [1.29, 1.82) is 5.26 Å². The first-order valence-corrected chi connectivity index (χ1v) is 7.35. The van der Waals surface area contributed by atoms with Crippen molar-refractivity contribution in [3.63, 3.8) is 0 Å². The molecule has 0 saturated carbocycles. The molecule has 3 rings (SSSR count). The zero-order valence-electron chi connectivity index (χ0n) is 11.2. The number of nitrogens with one attached hydrogen (secondary N) is 1. The molecule has 0 bridgehead atoms. The number of hydrogen-bond acceptors (Lipinski definition) is 3. The molecule has 2 aromatic carbocycles. The summed E-state index contributed by atoms with van der Waals surface area (Å²) in [5.74, 6) is 0. The van der Waals surface area contributed by atoms with Gasteiger partial charge in [-0.25, -0.2) is 0 Å². The van der Waals surface area contributed by atoms with Crippen LogP contribution in [0.3, 0.4) is 0 Å². The third-order valence-electron chi connectivity index (χ3n) is 3.40. The molecule has 0 radical (unpaired) electrons. The van der Waals surface area contributed by atoms with E-state index in [1.54, 1.807) is 11.3 Å². The first-order valence-electron chi connectivity index (χ1n) is 6.47. The number of hydrogen-bond donors (Lipinski definition) is 1. The highest BCUT2D eigenvalue weighted by Crippen LogP contribution is 2.26. The number of nitriles is 1. The molecule has 1 aromatic heterocycles. The van der Waals surface area contributed by atoms with Gasteiger partial charge in [0.25, 0.3) is 0 Å². The summed E-state index contributed by atoms with van der Waals surface area (Å²) in [6.07, 6.45) is 0. The van der Waals surface area contributed by atoms with Gasteiger partial charge in [-0.1, -0.05) is 24.3 Å². The molecule has 0 aliphatic rings. The van der Waals surface area contributed by atoms with Crippen molar-refractivity contribution in [2.75, 3.05) is 5.32 Å². The largest absolute Gasteiger partial charge is 0.381 e. The minimum absolute atomic E-state index is 0.688. The van der Waals surface area contributed by atoms with E-state index < -0.39 is 0 Å². The van der Waals surface area contributed by atoms with Crippen molar-refractivity contribution in [2.45, 2.75) is 13.5 Å². The van der Waals surface area contributed by atoms with Crippen LogP contribution in [-0.2, 0) is 6.54 Å². The van der Waals surface area contributed by atoms with Gasteiger partial charge >= 0.3 is 0 Å². The van der Waals surface area contributed by atoms with Crippen LogP contribution in [0.2, 0.25) is 0 Å². The molecule has 0 unspecified atom stereocenters. The Balaban J connectivity index is 1.85. The molecular weight excluding hydrogens is 264 g/mol. The first-order chi connectivity index (χ1) is 9.78.